The first-order valence-corrected chi connectivity index (χ1v) is 7.74. The van der Waals surface area contributed by atoms with Gasteiger partial charge in [0.2, 0.25) is 0 Å². The minimum absolute atomic E-state index is 0.265. The molecule has 5 heteroatoms. The van der Waals surface area contributed by atoms with Crippen LogP contribution in [-0.4, -0.2) is 42.4 Å². The van der Waals surface area contributed by atoms with Gasteiger partial charge in [0.15, 0.2) is 0 Å². The molecule has 0 spiro atoms. The van der Waals surface area contributed by atoms with Gasteiger partial charge in [0.25, 0.3) is 6.47 Å². The lowest BCUT2D eigenvalue weighted by atomic mass is 10.1. The zero-order chi connectivity index (χ0) is 16.4. The summed E-state index contributed by atoms with van der Waals surface area (Å²) in [5.74, 6) is 0. The van der Waals surface area contributed by atoms with Gasteiger partial charge >= 0.3 is 0 Å². The lowest BCUT2D eigenvalue weighted by Gasteiger charge is -2.19. The maximum atomic E-state index is 9.89. The smallest absolute Gasteiger partial charge is 0.293 e. The fourth-order valence-electron chi connectivity index (χ4n) is 2.10. The van der Waals surface area contributed by atoms with E-state index in [1.54, 1.807) is 0 Å². The molecule has 0 saturated carbocycles. The second-order valence-corrected chi connectivity index (χ2v) is 6.34. The van der Waals surface area contributed by atoms with E-state index >= 15 is 0 Å². The van der Waals surface area contributed by atoms with Crippen molar-refractivity contribution in [3.05, 3.63) is 30.3 Å². The highest BCUT2D eigenvalue weighted by molar-refractivity contribution is 5.42. The second kappa shape index (κ2) is 9.43. The lowest BCUT2D eigenvalue weighted by molar-refractivity contribution is -0.138. The monoisotopic (exact) mass is 308 g/mol. The molecule has 2 atom stereocenters. The summed E-state index contributed by atoms with van der Waals surface area (Å²) < 4.78 is 4.55. The van der Waals surface area contributed by atoms with Crippen LogP contribution in [0.4, 0.5) is 5.69 Å². The predicted octanol–water partition coefficient (Wildman–Crippen LogP) is 2.17. The first-order chi connectivity index (χ1) is 10.4. The molecule has 0 radical (unpaired) electrons. The molecule has 1 saturated heterocycles. The van der Waals surface area contributed by atoms with E-state index in [4.69, 9.17) is 0 Å². The van der Waals surface area contributed by atoms with E-state index in [1.807, 2.05) is 51.1 Å². The minimum atomic E-state index is -0.318. The van der Waals surface area contributed by atoms with Crippen molar-refractivity contribution in [1.29, 1.82) is 0 Å². The van der Waals surface area contributed by atoms with Gasteiger partial charge in [-0.25, -0.2) is 0 Å². The molecule has 1 unspecified atom stereocenters. The van der Waals surface area contributed by atoms with Gasteiger partial charge < -0.3 is 20.5 Å². The summed E-state index contributed by atoms with van der Waals surface area (Å²) in [4.78, 5) is 9.60. The number of hydrogen-bond acceptors (Lipinski definition) is 5. The Labute approximate surface area is 133 Å². The van der Waals surface area contributed by atoms with Crippen LogP contribution in [0.2, 0.25) is 0 Å². The third-order valence-electron chi connectivity index (χ3n) is 3.25. The van der Waals surface area contributed by atoms with Gasteiger partial charge in [0.05, 0.1) is 6.10 Å². The summed E-state index contributed by atoms with van der Waals surface area (Å²) >= 11 is 0. The molecule has 0 amide bonds. The highest BCUT2D eigenvalue weighted by Crippen LogP contribution is 2.11. The van der Waals surface area contributed by atoms with Gasteiger partial charge in [0.1, 0.15) is 5.60 Å². The van der Waals surface area contributed by atoms with E-state index in [2.05, 4.69) is 15.4 Å². The molecular weight excluding hydrogens is 280 g/mol. The topological polar surface area (TPSA) is 70.6 Å². The standard InChI is InChI=1S/C12H18N2O.C5H10O2/c15-12(11-7-4-8-13-11)9-14-10-5-2-1-3-6-10;1-5(2,3)7-4-6/h1-3,5-6,11-15H,4,7-9H2;4H,1-3H3/t11-,12?;/m1./s1. The first kappa shape index (κ1) is 18.5. The number of nitrogens with one attached hydrogen (secondary N) is 2. The molecule has 1 aliphatic heterocycles. The number of aliphatic hydroxyl groups is 1. The predicted molar refractivity (Wildman–Crippen MR) is 88.9 cm³/mol. The Balaban J connectivity index is 0.000000295. The molecule has 1 aromatic rings. The molecule has 0 aliphatic carbocycles. The summed E-state index contributed by atoms with van der Waals surface area (Å²) in [7, 11) is 0. The van der Waals surface area contributed by atoms with Crippen LogP contribution in [0.25, 0.3) is 0 Å². The highest BCUT2D eigenvalue weighted by atomic mass is 16.5. The molecule has 5 nitrogen and oxygen atoms in total. The van der Waals surface area contributed by atoms with Crippen molar-refractivity contribution < 1.29 is 14.6 Å². The van der Waals surface area contributed by atoms with Gasteiger partial charge in [-0.15, -0.1) is 0 Å². The molecule has 1 fully saturated rings. The Kier molecular flexibility index (Phi) is 7.91. The second-order valence-electron chi connectivity index (χ2n) is 6.34. The van der Waals surface area contributed by atoms with Crippen molar-refractivity contribution in [2.24, 2.45) is 0 Å². The van der Waals surface area contributed by atoms with Crippen LogP contribution in [-0.2, 0) is 9.53 Å². The molecular formula is C17H28N2O3. The Morgan fingerprint density at radius 1 is 1.41 bits per heavy atom. The van der Waals surface area contributed by atoms with E-state index in [0.29, 0.717) is 13.0 Å². The molecule has 3 N–H and O–H groups in total. The van der Waals surface area contributed by atoms with Crippen molar-refractivity contribution in [3.8, 4) is 0 Å². The molecule has 1 aliphatic rings. The number of rotatable bonds is 5. The van der Waals surface area contributed by atoms with Gasteiger partial charge in [-0.2, -0.15) is 0 Å². The number of benzene rings is 1. The van der Waals surface area contributed by atoms with Gasteiger partial charge in [-0.3, -0.25) is 4.79 Å². The fourth-order valence-corrected chi connectivity index (χ4v) is 2.10. The third kappa shape index (κ3) is 8.00. The van der Waals surface area contributed by atoms with Crippen molar-refractivity contribution in [1.82, 2.24) is 5.32 Å². The molecule has 1 heterocycles. The Morgan fingerprint density at radius 2 is 2.09 bits per heavy atom. The van der Waals surface area contributed by atoms with Gasteiger partial charge in [0, 0.05) is 18.3 Å². The maximum absolute atomic E-state index is 9.89. The summed E-state index contributed by atoms with van der Waals surface area (Å²) in [5, 5.41) is 16.4. The third-order valence-corrected chi connectivity index (χ3v) is 3.25. The summed E-state index contributed by atoms with van der Waals surface area (Å²) in [6.45, 7) is 7.57. The fraction of sp³-hybridized carbons (Fsp3) is 0.588. The van der Waals surface area contributed by atoms with E-state index < -0.39 is 0 Å². The van der Waals surface area contributed by atoms with Crippen LogP contribution >= 0.6 is 0 Å². The summed E-state index contributed by atoms with van der Waals surface area (Å²) in [5.41, 5.74) is 0.747. The Morgan fingerprint density at radius 3 is 2.55 bits per heavy atom. The van der Waals surface area contributed by atoms with E-state index in [-0.39, 0.29) is 17.7 Å². The molecule has 124 valence electrons. The average Bonchev–Trinajstić information content (AvgIpc) is 2.99. The molecule has 1 aromatic carbocycles. The SMILES string of the molecule is CC(C)(C)OC=O.OC(CNc1ccccc1)[C@H]1CCCN1. The maximum Gasteiger partial charge on any atom is 0.293 e. The van der Waals surface area contributed by atoms with Crippen LogP contribution in [0.5, 0.6) is 0 Å². The van der Waals surface area contributed by atoms with E-state index in [1.165, 1.54) is 6.42 Å². The molecule has 22 heavy (non-hydrogen) atoms. The normalized spacial score (nSPS) is 18.8. The van der Waals surface area contributed by atoms with Crippen LogP contribution in [0, 0.1) is 0 Å². The Bertz CT molecular complexity index is 412. The van der Waals surface area contributed by atoms with E-state index in [0.717, 1.165) is 18.7 Å². The molecule has 0 bridgehead atoms. The lowest BCUT2D eigenvalue weighted by Crippen LogP contribution is -2.39. The van der Waals surface area contributed by atoms with Crippen molar-refractivity contribution in [3.63, 3.8) is 0 Å². The van der Waals surface area contributed by atoms with Crippen LogP contribution < -0.4 is 10.6 Å². The Hall–Kier alpha value is -1.59. The summed E-state index contributed by atoms with van der Waals surface area (Å²) in [6.07, 6.45) is 1.96. The number of carbonyl (C=O) groups is 1. The zero-order valence-electron chi connectivity index (χ0n) is 13.7. The van der Waals surface area contributed by atoms with E-state index in [9.17, 15) is 9.90 Å². The quantitative estimate of drug-likeness (QED) is 0.727. The van der Waals surface area contributed by atoms with Crippen LogP contribution in [0.15, 0.2) is 30.3 Å². The van der Waals surface area contributed by atoms with Gasteiger partial charge in [-0.1, -0.05) is 18.2 Å². The zero-order valence-corrected chi connectivity index (χ0v) is 13.7. The minimum Gasteiger partial charge on any atom is -0.462 e. The van der Waals surface area contributed by atoms with Crippen molar-refractivity contribution in [2.75, 3.05) is 18.4 Å². The van der Waals surface area contributed by atoms with Crippen LogP contribution in [0.3, 0.4) is 0 Å². The van der Waals surface area contributed by atoms with Crippen molar-refractivity contribution >= 4 is 12.2 Å². The average molecular weight is 308 g/mol. The number of aliphatic hydroxyl groups excluding tert-OH is 1. The number of para-hydroxylation sites is 1. The molecule has 2 rings (SSSR count). The largest absolute Gasteiger partial charge is 0.462 e. The first-order valence-electron chi connectivity index (χ1n) is 7.74. The summed E-state index contributed by atoms with van der Waals surface area (Å²) in [6, 6.07) is 10.2. The number of carbonyl (C=O) groups excluding carboxylic acids is 1. The number of hydrogen-bond donors (Lipinski definition) is 3. The van der Waals surface area contributed by atoms with Gasteiger partial charge in [-0.05, 0) is 52.3 Å². The van der Waals surface area contributed by atoms with Crippen LogP contribution in [0.1, 0.15) is 33.6 Å². The number of anilines is 1. The number of ether oxygens (including phenoxy) is 1. The highest BCUT2D eigenvalue weighted by Gasteiger charge is 2.21. The molecule has 0 aromatic heterocycles. The van der Waals surface area contributed by atoms with Crippen molar-refractivity contribution in [2.45, 2.75) is 51.4 Å².